The van der Waals surface area contributed by atoms with Gasteiger partial charge in [0, 0.05) is 12.1 Å². The van der Waals surface area contributed by atoms with Crippen molar-refractivity contribution in [2.24, 2.45) is 0 Å². The Morgan fingerprint density at radius 1 is 1.33 bits per heavy atom. The number of rotatable bonds is 3. The Kier molecular flexibility index (Phi) is 4.84. The summed E-state index contributed by atoms with van der Waals surface area (Å²) >= 11 is 0. The second-order valence-electron chi connectivity index (χ2n) is 5.17. The summed E-state index contributed by atoms with van der Waals surface area (Å²) in [5.41, 5.74) is 0.176. The Balaban J connectivity index is 0.00000112. The number of hydrogen-bond donors (Lipinski definition) is 1. The summed E-state index contributed by atoms with van der Waals surface area (Å²) in [5.74, 6) is 0. The highest BCUT2D eigenvalue weighted by Crippen LogP contribution is 2.17. The van der Waals surface area contributed by atoms with E-state index < -0.39 is 0 Å². The van der Waals surface area contributed by atoms with Crippen LogP contribution in [0.4, 0.5) is 0 Å². The normalized spacial score (nSPS) is 30.4. The number of hydrogen-bond acceptors (Lipinski definition) is 3. The van der Waals surface area contributed by atoms with Gasteiger partial charge in [-0.2, -0.15) is 0 Å². The molecular formula is C11H23ClN2O. The molecule has 2 aliphatic rings. The van der Waals surface area contributed by atoms with Crippen molar-refractivity contribution in [2.45, 2.75) is 44.9 Å². The van der Waals surface area contributed by atoms with Crippen molar-refractivity contribution in [1.29, 1.82) is 0 Å². The molecule has 1 unspecified atom stereocenters. The van der Waals surface area contributed by atoms with Crippen LogP contribution in [0.25, 0.3) is 0 Å². The maximum absolute atomic E-state index is 5.69. The van der Waals surface area contributed by atoms with Crippen molar-refractivity contribution in [3.8, 4) is 0 Å². The van der Waals surface area contributed by atoms with Crippen LogP contribution in [0.5, 0.6) is 0 Å². The van der Waals surface area contributed by atoms with Gasteiger partial charge < -0.3 is 9.64 Å². The summed E-state index contributed by atoms with van der Waals surface area (Å²) < 4.78 is 5.69. The lowest BCUT2D eigenvalue weighted by Crippen LogP contribution is -2.40. The third-order valence-electron chi connectivity index (χ3n) is 3.10. The second-order valence-corrected chi connectivity index (χ2v) is 5.17. The van der Waals surface area contributed by atoms with Gasteiger partial charge in [-0.15, -0.1) is 12.4 Å². The van der Waals surface area contributed by atoms with E-state index >= 15 is 0 Å². The first-order valence-corrected chi connectivity index (χ1v) is 5.77. The molecule has 15 heavy (non-hydrogen) atoms. The molecule has 0 aromatic heterocycles. The smallest absolute Gasteiger partial charge is 0.109 e. The highest BCUT2D eigenvalue weighted by Gasteiger charge is 2.30. The van der Waals surface area contributed by atoms with Crippen LogP contribution in [-0.4, -0.2) is 42.9 Å². The molecule has 0 radical (unpaired) electrons. The van der Waals surface area contributed by atoms with Crippen LogP contribution in [0, 0.1) is 0 Å². The molecule has 3 nitrogen and oxygen atoms in total. The molecule has 2 heterocycles. The molecule has 0 amide bonds. The Morgan fingerprint density at radius 3 is 2.53 bits per heavy atom. The number of nitrogens with zero attached hydrogens (tertiary/aromatic N) is 1. The van der Waals surface area contributed by atoms with Crippen molar-refractivity contribution in [3.05, 3.63) is 0 Å². The first-order chi connectivity index (χ1) is 6.66. The molecular weight excluding hydrogens is 212 g/mol. The largest absolute Gasteiger partial charge is 0.361 e. The SMILES string of the molecule is CC1(C)COC(CCN2CCCC2)N1.Cl. The van der Waals surface area contributed by atoms with Gasteiger partial charge >= 0.3 is 0 Å². The Labute approximate surface area is 99.0 Å². The first-order valence-electron chi connectivity index (χ1n) is 5.77. The van der Waals surface area contributed by atoms with E-state index in [-0.39, 0.29) is 24.2 Å². The molecule has 90 valence electrons. The maximum atomic E-state index is 5.69. The average Bonchev–Trinajstić information content (AvgIpc) is 2.70. The lowest BCUT2D eigenvalue weighted by atomic mass is 10.1. The van der Waals surface area contributed by atoms with Crippen LogP contribution in [0.2, 0.25) is 0 Å². The highest BCUT2D eigenvalue weighted by molar-refractivity contribution is 5.85. The fourth-order valence-electron chi connectivity index (χ4n) is 2.29. The lowest BCUT2D eigenvalue weighted by Gasteiger charge is -2.19. The molecule has 0 aromatic carbocycles. The molecule has 0 bridgehead atoms. The number of ether oxygens (including phenoxy) is 1. The van der Waals surface area contributed by atoms with Gasteiger partial charge in [-0.25, -0.2) is 0 Å². The molecule has 2 aliphatic heterocycles. The highest BCUT2D eigenvalue weighted by atomic mass is 35.5. The summed E-state index contributed by atoms with van der Waals surface area (Å²) in [7, 11) is 0. The quantitative estimate of drug-likeness (QED) is 0.803. The molecule has 1 N–H and O–H groups in total. The summed E-state index contributed by atoms with van der Waals surface area (Å²) in [4.78, 5) is 2.54. The summed E-state index contributed by atoms with van der Waals surface area (Å²) in [6, 6.07) is 0. The van der Waals surface area contributed by atoms with Crippen molar-refractivity contribution < 1.29 is 4.74 Å². The molecule has 0 saturated carbocycles. The van der Waals surface area contributed by atoms with Gasteiger partial charge in [0.05, 0.1) is 6.61 Å². The first kappa shape index (κ1) is 13.2. The van der Waals surface area contributed by atoms with Gasteiger partial charge in [0.25, 0.3) is 0 Å². The van der Waals surface area contributed by atoms with E-state index in [0.717, 1.165) is 13.0 Å². The maximum Gasteiger partial charge on any atom is 0.109 e. The minimum absolute atomic E-state index is 0. The molecule has 0 spiro atoms. The van der Waals surface area contributed by atoms with Crippen molar-refractivity contribution in [3.63, 3.8) is 0 Å². The molecule has 4 heteroatoms. The van der Waals surface area contributed by atoms with Crippen LogP contribution < -0.4 is 5.32 Å². The zero-order chi connectivity index (χ0) is 10.0. The van der Waals surface area contributed by atoms with Crippen molar-refractivity contribution >= 4 is 12.4 Å². The predicted octanol–water partition coefficient (Wildman–Crippen LogP) is 1.62. The fourth-order valence-corrected chi connectivity index (χ4v) is 2.29. The van der Waals surface area contributed by atoms with E-state index in [2.05, 4.69) is 24.1 Å². The van der Waals surface area contributed by atoms with Crippen LogP contribution in [0.15, 0.2) is 0 Å². The minimum Gasteiger partial charge on any atom is -0.361 e. The Bertz CT molecular complexity index is 193. The van der Waals surface area contributed by atoms with Crippen molar-refractivity contribution in [2.75, 3.05) is 26.2 Å². The number of halogens is 1. The Hall–Kier alpha value is 0.170. The summed E-state index contributed by atoms with van der Waals surface area (Å²) in [6.45, 7) is 9.00. The van der Waals surface area contributed by atoms with Gasteiger partial charge in [0.1, 0.15) is 6.23 Å². The average molecular weight is 235 g/mol. The van der Waals surface area contributed by atoms with E-state index in [1.807, 2.05) is 0 Å². The summed E-state index contributed by atoms with van der Waals surface area (Å²) in [6.07, 6.45) is 4.17. The minimum atomic E-state index is 0. The topological polar surface area (TPSA) is 24.5 Å². The van der Waals surface area contributed by atoms with Gasteiger partial charge in [-0.1, -0.05) is 0 Å². The summed E-state index contributed by atoms with van der Waals surface area (Å²) in [5, 5.41) is 3.51. The van der Waals surface area contributed by atoms with Crippen molar-refractivity contribution in [1.82, 2.24) is 10.2 Å². The van der Waals surface area contributed by atoms with Crippen LogP contribution in [-0.2, 0) is 4.74 Å². The third-order valence-corrected chi connectivity index (χ3v) is 3.10. The van der Waals surface area contributed by atoms with Gasteiger partial charge in [0.2, 0.25) is 0 Å². The van der Waals surface area contributed by atoms with E-state index in [1.54, 1.807) is 0 Å². The molecule has 0 aromatic rings. The molecule has 0 aliphatic carbocycles. The molecule has 2 saturated heterocycles. The lowest BCUT2D eigenvalue weighted by molar-refractivity contribution is 0.0832. The molecule has 2 rings (SSSR count). The monoisotopic (exact) mass is 234 g/mol. The zero-order valence-corrected chi connectivity index (χ0v) is 10.6. The molecule has 1 atom stereocenters. The number of likely N-dealkylation sites (tertiary alicyclic amines) is 1. The Morgan fingerprint density at radius 2 is 2.00 bits per heavy atom. The molecule has 2 fully saturated rings. The van der Waals surface area contributed by atoms with E-state index in [4.69, 9.17) is 4.74 Å². The zero-order valence-electron chi connectivity index (χ0n) is 9.79. The second kappa shape index (κ2) is 5.48. The van der Waals surface area contributed by atoms with E-state index in [1.165, 1.54) is 32.5 Å². The van der Waals surface area contributed by atoms with Crippen LogP contribution >= 0.6 is 12.4 Å². The van der Waals surface area contributed by atoms with Gasteiger partial charge in [-0.05, 0) is 46.2 Å². The van der Waals surface area contributed by atoms with E-state index in [0.29, 0.717) is 0 Å². The van der Waals surface area contributed by atoms with Gasteiger partial charge in [0.15, 0.2) is 0 Å². The fraction of sp³-hybridized carbons (Fsp3) is 1.00. The number of nitrogens with one attached hydrogen (secondary N) is 1. The van der Waals surface area contributed by atoms with Crippen LogP contribution in [0.1, 0.15) is 33.1 Å². The standard InChI is InChI=1S/C11H22N2O.ClH/c1-11(2)9-14-10(12-11)5-8-13-6-3-4-7-13;/h10,12H,3-9H2,1-2H3;1H. The van der Waals surface area contributed by atoms with E-state index in [9.17, 15) is 0 Å². The van der Waals surface area contributed by atoms with Gasteiger partial charge in [-0.3, -0.25) is 5.32 Å². The predicted molar refractivity (Wildman–Crippen MR) is 64.5 cm³/mol. The third kappa shape index (κ3) is 3.91. The van der Waals surface area contributed by atoms with Crippen LogP contribution in [0.3, 0.4) is 0 Å².